The number of rotatable bonds is 0. The van der Waals surface area contributed by atoms with Crippen molar-refractivity contribution in [3.63, 3.8) is 0 Å². The number of benzene rings is 7. The van der Waals surface area contributed by atoms with Crippen LogP contribution in [0.15, 0.2) is 107 Å². The van der Waals surface area contributed by atoms with Crippen LogP contribution in [0.4, 0.5) is 5.69 Å². The second-order valence-electron chi connectivity index (χ2n) is 11.5. The minimum absolute atomic E-state index is 0.0720. The fourth-order valence-corrected chi connectivity index (χ4v) is 7.39. The number of fused-ring (bicyclic) bond motifs is 7. The summed E-state index contributed by atoms with van der Waals surface area (Å²) >= 11 is 0. The summed E-state index contributed by atoms with van der Waals surface area (Å²) in [5.41, 5.74) is 5.97. The number of nitrogens with zero attached hydrogens (tertiary/aromatic N) is 3. The van der Waals surface area contributed by atoms with Crippen molar-refractivity contribution in [2.24, 2.45) is 4.99 Å². The summed E-state index contributed by atoms with van der Waals surface area (Å²) in [6.07, 6.45) is 0. The first-order valence-electron chi connectivity index (χ1n) is 14.5. The summed E-state index contributed by atoms with van der Waals surface area (Å²) in [5.74, 6) is 5.73. The first-order valence-corrected chi connectivity index (χ1v) is 14.5. The molecule has 0 saturated carbocycles. The molecule has 3 heterocycles. The van der Waals surface area contributed by atoms with Gasteiger partial charge in [-0.05, 0) is 87.6 Å². The number of pyridine rings is 1. The van der Waals surface area contributed by atoms with Crippen molar-refractivity contribution in [3.05, 3.63) is 124 Å². The van der Waals surface area contributed by atoms with Crippen LogP contribution >= 0.6 is 0 Å². The van der Waals surface area contributed by atoms with Gasteiger partial charge >= 0.3 is 0 Å². The monoisotopic (exact) mass is 561 g/mol. The maximum atomic E-state index is 14.0. The van der Waals surface area contributed by atoms with E-state index in [2.05, 4.69) is 42.2 Å². The molecule has 0 amide bonds. The maximum Gasteiger partial charge on any atom is 0.264 e. The molecule has 0 atom stereocenters. The molecule has 10 rings (SSSR count). The third-order valence-corrected chi connectivity index (χ3v) is 9.27. The first kappa shape index (κ1) is 23.4. The van der Waals surface area contributed by atoms with Gasteiger partial charge in [-0.15, -0.1) is 0 Å². The van der Waals surface area contributed by atoms with E-state index in [0.717, 1.165) is 82.0 Å². The third-order valence-electron chi connectivity index (χ3n) is 9.27. The average Bonchev–Trinajstić information content (AvgIpc) is 3.45. The molecule has 0 aliphatic carbocycles. The Balaban J connectivity index is 1.40. The van der Waals surface area contributed by atoms with Gasteiger partial charge in [-0.3, -0.25) is 19.0 Å². The number of carbonyl (C=O) groups excluding carboxylic acids is 1. The molecule has 1 aliphatic heterocycles. The van der Waals surface area contributed by atoms with Gasteiger partial charge in [0.05, 0.1) is 22.3 Å². The predicted octanol–water partition coefficient (Wildman–Crippen LogP) is 8.18. The van der Waals surface area contributed by atoms with Gasteiger partial charge in [-0.2, -0.15) is 0 Å². The summed E-state index contributed by atoms with van der Waals surface area (Å²) in [6, 6.07) is 31.8. The Hall–Kier alpha value is -6.12. The topological polar surface area (TPSA) is 63.8 Å². The van der Waals surface area contributed by atoms with Gasteiger partial charge in [-0.25, -0.2) is 4.98 Å². The quantitative estimate of drug-likeness (QED) is 0.107. The molecule has 44 heavy (non-hydrogen) atoms. The van der Waals surface area contributed by atoms with Crippen molar-refractivity contribution in [2.45, 2.75) is 6.92 Å². The molecule has 0 fully saturated rings. The molecule has 0 bridgehead atoms. The van der Waals surface area contributed by atoms with Gasteiger partial charge < -0.3 is 0 Å². The van der Waals surface area contributed by atoms with E-state index in [0.29, 0.717) is 16.6 Å². The lowest BCUT2D eigenvalue weighted by Crippen LogP contribution is -2.13. The second kappa shape index (κ2) is 8.03. The summed E-state index contributed by atoms with van der Waals surface area (Å²) < 4.78 is 1.74. The number of Topliss-reactive ketones (excluding diaryl/α,β-unsaturated/α-hetero) is 1. The number of aliphatic imine (C=N–C) groups is 1. The van der Waals surface area contributed by atoms with Crippen LogP contribution in [0.3, 0.4) is 0 Å². The van der Waals surface area contributed by atoms with E-state index in [1.54, 1.807) is 4.40 Å². The van der Waals surface area contributed by atoms with Crippen molar-refractivity contribution in [3.8, 4) is 11.8 Å². The van der Waals surface area contributed by atoms with E-state index in [1.807, 2.05) is 73.7 Å². The van der Waals surface area contributed by atoms with Gasteiger partial charge in [0.15, 0.2) is 0 Å². The van der Waals surface area contributed by atoms with Gasteiger partial charge in [-0.1, -0.05) is 60.5 Å². The van der Waals surface area contributed by atoms with Crippen LogP contribution in [0.5, 0.6) is 0 Å². The summed E-state index contributed by atoms with van der Waals surface area (Å²) in [6.45, 7) is 1.99. The lowest BCUT2D eigenvalue weighted by molar-refractivity contribution is 0.105. The van der Waals surface area contributed by atoms with Crippen molar-refractivity contribution in [2.75, 3.05) is 0 Å². The van der Waals surface area contributed by atoms with Crippen molar-refractivity contribution in [1.82, 2.24) is 9.38 Å². The highest BCUT2D eigenvalue weighted by molar-refractivity contribution is 6.40. The number of ketones is 1. The van der Waals surface area contributed by atoms with E-state index in [-0.39, 0.29) is 11.3 Å². The van der Waals surface area contributed by atoms with Gasteiger partial charge in [0, 0.05) is 38.4 Å². The van der Waals surface area contributed by atoms with Gasteiger partial charge in [0.2, 0.25) is 5.78 Å². The fraction of sp³-hybridized carbons (Fsp3) is 0.0256. The standard InChI is InChI=1S/C39H19N3O2/c1-20-22-11-12-23-26-15-18-29-37-28(38-41-31-8-4-5-9-32(31)42(38)39(29)44)17-14-25(36(26)37)24-13-16-27(34(22)35(23)24)33(43)19-10-21-6-2-3-7-30(21)40-20/h2-9,11-18H,1H3/b40-20+. The zero-order chi connectivity index (χ0) is 29.3. The summed E-state index contributed by atoms with van der Waals surface area (Å²) in [4.78, 5) is 37.6. The van der Waals surface area contributed by atoms with Crippen LogP contribution in [0.2, 0.25) is 0 Å². The van der Waals surface area contributed by atoms with E-state index >= 15 is 0 Å². The number of aromatic nitrogens is 2. The fourth-order valence-electron chi connectivity index (χ4n) is 7.39. The Kier molecular flexibility index (Phi) is 4.28. The van der Waals surface area contributed by atoms with Crippen molar-refractivity contribution < 1.29 is 4.79 Å². The highest BCUT2D eigenvalue weighted by Crippen LogP contribution is 2.45. The number of hydrogen-bond acceptors (Lipinski definition) is 4. The minimum Gasteiger partial charge on any atom is -0.279 e. The second-order valence-corrected chi connectivity index (χ2v) is 11.5. The molecule has 0 N–H and O–H groups in total. The normalized spacial score (nSPS) is 14.6. The molecule has 0 radical (unpaired) electrons. The molecule has 5 heteroatoms. The van der Waals surface area contributed by atoms with Crippen LogP contribution < -0.4 is 5.56 Å². The Bertz CT molecular complexity index is 2920. The van der Waals surface area contributed by atoms with Crippen LogP contribution in [0, 0.1) is 11.8 Å². The van der Waals surface area contributed by atoms with Crippen molar-refractivity contribution in [1.29, 1.82) is 0 Å². The highest BCUT2D eigenvalue weighted by Gasteiger charge is 2.24. The Morgan fingerprint density at radius 3 is 2.02 bits per heavy atom. The molecule has 202 valence electrons. The van der Waals surface area contributed by atoms with E-state index < -0.39 is 0 Å². The molecule has 7 aromatic carbocycles. The highest BCUT2D eigenvalue weighted by atomic mass is 16.1. The Morgan fingerprint density at radius 1 is 0.591 bits per heavy atom. The van der Waals surface area contributed by atoms with E-state index in [9.17, 15) is 9.59 Å². The summed E-state index contributed by atoms with van der Waals surface area (Å²) in [7, 11) is 0. The van der Waals surface area contributed by atoms with Crippen LogP contribution in [0.1, 0.15) is 28.4 Å². The largest absolute Gasteiger partial charge is 0.279 e. The SMILES string of the molecule is C/C1=N\c2ccccc2C#CC(=O)c2ccc3c4ccc5c6c(ccc(c7ccc1c2c73)c46)c(=O)n1c2ccccc2nc51. The molecule has 1 aliphatic rings. The molecule has 0 spiro atoms. The smallest absolute Gasteiger partial charge is 0.264 e. The first-order chi connectivity index (χ1) is 21.6. The van der Waals surface area contributed by atoms with E-state index in [1.165, 1.54) is 0 Å². The maximum absolute atomic E-state index is 14.0. The lowest BCUT2D eigenvalue weighted by Gasteiger charge is -2.19. The molecular formula is C39H19N3O2. The number of hydrogen-bond donors (Lipinski definition) is 0. The van der Waals surface area contributed by atoms with Gasteiger partial charge in [0.1, 0.15) is 5.65 Å². The van der Waals surface area contributed by atoms with Crippen LogP contribution in [-0.4, -0.2) is 20.9 Å². The average molecular weight is 562 g/mol. The zero-order valence-corrected chi connectivity index (χ0v) is 23.4. The van der Waals surface area contributed by atoms with E-state index in [4.69, 9.17) is 9.98 Å². The number of carbonyl (C=O) groups is 1. The molecule has 0 saturated heterocycles. The van der Waals surface area contributed by atoms with Crippen LogP contribution in [-0.2, 0) is 0 Å². The number of imidazole rings is 1. The third kappa shape index (κ3) is 2.80. The van der Waals surface area contributed by atoms with Crippen molar-refractivity contribution >= 4 is 87.7 Å². The molecular weight excluding hydrogens is 542 g/mol. The lowest BCUT2D eigenvalue weighted by atomic mass is 9.84. The molecule has 5 nitrogen and oxygen atoms in total. The summed E-state index contributed by atoms with van der Waals surface area (Å²) in [5, 5.41) is 9.54. The molecule has 2 aromatic heterocycles. The number of para-hydroxylation sites is 3. The minimum atomic E-state index is -0.222. The predicted molar refractivity (Wildman–Crippen MR) is 178 cm³/mol. The molecule has 0 unspecified atom stereocenters. The zero-order valence-electron chi connectivity index (χ0n) is 23.4. The van der Waals surface area contributed by atoms with Crippen LogP contribution in [0.25, 0.3) is 70.5 Å². The Labute approximate surface area is 249 Å². The van der Waals surface area contributed by atoms with Gasteiger partial charge in [0.25, 0.3) is 5.56 Å². The Morgan fingerprint density at radius 2 is 1.20 bits per heavy atom. The molecule has 9 aromatic rings.